The largest absolute Gasteiger partial charge is 0.310 e. The van der Waals surface area contributed by atoms with E-state index in [9.17, 15) is 9.59 Å². The normalized spacial score (nSPS) is 11.3. The van der Waals surface area contributed by atoms with Crippen LogP contribution in [0.5, 0.6) is 0 Å². The smallest absolute Gasteiger partial charge is 0.263 e. The summed E-state index contributed by atoms with van der Waals surface area (Å²) in [5.41, 5.74) is 4.65. The molecule has 0 aliphatic rings. The minimum absolute atomic E-state index is 0.127. The molecule has 3 aromatic carbocycles. The Labute approximate surface area is 230 Å². The molecule has 0 radical (unpaired) electrons. The molecule has 0 bridgehead atoms. The molecular weight excluding hydrogens is 502 g/mol. The summed E-state index contributed by atoms with van der Waals surface area (Å²) in [4.78, 5) is 33.9. The van der Waals surface area contributed by atoms with Crippen molar-refractivity contribution in [2.24, 2.45) is 0 Å². The van der Waals surface area contributed by atoms with Gasteiger partial charge in [0.15, 0.2) is 5.65 Å². The van der Waals surface area contributed by atoms with E-state index in [0.717, 1.165) is 22.4 Å². The molecule has 3 aromatic heterocycles. The van der Waals surface area contributed by atoms with Gasteiger partial charge in [-0.15, -0.1) is 0 Å². The molecule has 3 heterocycles. The molecule has 0 atom stereocenters. The van der Waals surface area contributed by atoms with E-state index < -0.39 is 0 Å². The molecule has 40 heavy (non-hydrogen) atoms. The highest BCUT2D eigenvalue weighted by Crippen LogP contribution is 2.28. The number of benzene rings is 3. The number of carbonyl (C=O) groups is 1. The number of rotatable bonds is 7. The summed E-state index contributed by atoms with van der Waals surface area (Å²) in [7, 11) is 0. The van der Waals surface area contributed by atoms with Gasteiger partial charge in [-0.25, -0.2) is 4.68 Å². The number of aromatic amines is 1. The number of hydrogen-bond acceptors (Lipinski definition) is 5. The van der Waals surface area contributed by atoms with Crippen molar-refractivity contribution in [3.8, 4) is 11.6 Å². The van der Waals surface area contributed by atoms with Gasteiger partial charge < -0.3 is 5.32 Å². The quantitative estimate of drug-likeness (QED) is 0.300. The van der Waals surface area contributed by atoms with Crippen molar-refractivity contribution in [2.75, 3.05) is 5.32 Å². The number of fused-ring (bicyclic) bond motifs is 1. The van der Waals surface area contributed by atoms with Crippen molar-refractivity contribution >= 4 is 22.8 Å². The molecule has 0 saturated carbocycles. The highest BCUT2D eigenvalue weighted by Gasteiger charge is 2.21. The summed E-state index contributed by atoms with van der Waals surface area (Å²) in [6.07, 6.45) is 1.72. The standard InChI is InChI=1S/C31H27N7O2/c1-20-10-9-15-24(16-20)37-29-26(19-32-37)30(40)35-31(34-29)38-27(17-21(2)36-38)33-28(39)18-25(22-11-5-3-6-12-22)23-13-7-4-8-14-23/h3-17,19,25H,18H2,1-2H3,(H,33,39)(H,34,35,40). The highest BCUT2D eigenvalue weighted by atomic mass is 16.1. The minimum atomic E-state index is -0.349. The number of aromatic nitrogens is 6. The number of amides is 1. The van der Waals surface area contributed by atoms with Crippen molar-refractivity contribution in [1.82, 2.24) is 29.5 Å². The van der Waals surface area contributed by atoms with E-state index in [1.807, 2.05) is 98.8 Å². The zero-order chi connectivity index (χ0) is 27.6. The van der Waals surface area contributed by atoms with Crippen LogP contribution in [-0.2, 0) is 4.79 Å². The van der Waals surface area contributed by atoms with Crippen LogP contribution in [0, 0.1) is 13.8 Å². The van der Waals surface area contributed by atoms with Crippen LogP contribution < -0.4 is 10.9 Å². The number of carbonyl (C=O) groups excluding carboxylic acids is 1. The Bertz CT molecular complexity index is 1830. The lowest BCUT2D eigenvalue weighted by atomic mass is 9.88. The van der Waals surface area contributed by atoms with E-state index in [2.05, 4.69) is 20.5 Å². The molecule has 0 aliphatic carbocycles. The van der Waals surface area contributed by atoms with Gasteiger partial charge in [-0.1, -0.05) is 72.8 Å². The SMILES string of the molecule is Cc1cccc(-n2ncc3c(=O)[nH]c(-n4nc(C)cc4NC(=O)CC(c4ccccc4)c4ccccc4)nc32)c1. The lowest BCUT2D eigenvalue weighted by molar-refractivity contribution is -0.116. The van der Waals surface area contributed by atoms with Gasteiger partial charge in [0.2, 0.25) is 11.9 Å². The van der Waals surface area contributed by atoms with Gasteiger partial charge in [-0.05, 0) is 42.7 Å². The predicted octanol–water partition coefficient (Wildman–Crippen LogP) is 5.07. The third-order valence-electron chi connectivity index (χ3n) is 6.76. The fraction of sp³-hybridized carbons (Fsp3) is 0.129. The second-order valence-corrected chi connectivity index (χ2v) is 9.73. The monoisotopic (exact) mass is 529 g/mol. The van der Waals surface area contributed by atoms with Crippen LogP contribution in [0.4, 0.5) is 5.82 Å². The maximum atomic E-state index is 13.4. The lowest BCUT2D eigenvalue weighted by Crippen LogP contribution is -2.20. The van der Waals surface area contributed by atoms with Crippen LogP contribution in [0.2, 0.25) is 0 Å². The van der Waals surface area contributed by atoms with Crippen LogP contribution in [-0.4, -0.2) is 35.4 Å². The number of anilines is 1. The molecule has 1 amide bonds. The molecule has 0 spiro atoms. The first-order chi connectivity index (χ1) is 19.5. The molecule has 0 aliphatic heterocycles. The summed E-state index contributed by atoms with van der Waals surface area (Å²) in [6, 6.07) is 29.5. The zero-order valence-corrected chi connectivity index (χ0v) is 22.1. The van der Waals surface area contributed by atoms with Gasteiger partial charge in [0.1, 0.15) is 11.2 Å². The third-order valence-corrected chi connectivity index (χ3v) is 6.76. The molecular formula is C31H27N7O2. The molecule has 9 nitrogen and oxygen atoms in total. The first kappa shape index (κ1) is 25.0. The van der Waals surface area contributed by atoms with Crippen molar-refractivity contribution in [1.29, 1.82) is 0 Å². The maximum Gasteiger partial charge on any atom is 0.263 e. The first-order valence-electron chi connectivity index (χ1n) is 13.0. The second-order valence-electron chi connectivity index (χ2n) is 9.73. The van der Waals surface area contributed by atoms with E-state index in [4.69, 9.17) is 4.98 Å². The first-order valence-corrected chi connectivity index (χ1v) is 13.0. The molecule has 198 valence electrons. The number of nitrogens with one attached hydrogen (secondary N) is 2. The van der Waals surface area contributed by atoms with Gasteiger partial charge in [0, 0.05) is 18.4 Å². The highest BCUT2D eigenvalue weighted by molar-refractivity contribution is 5.91. The van der Waals surface area contributed by atoms with E-state index in [-0.39, 0.29) is 29.8 Å². The topological polar surface area (TPSA) is 110 Å². The molecule has 0 saturated heterocycles. The molecule has 2 N–H and O–H groups in total. The van der Waals surface area contributed by atoms with Gasteiger partial charge in [-0.2, -0.15) is 19.9 Å². The van der Waals surface area contributed by atoms with Crippen LogP contribution >= 0.6 is 0 Å². The predicted molar refractivity (Wildman–Crippen MR) is 154 cm³/mol. The number of nitrogens with zero attached hydrogens (tertiary/aromatic N) is 5. The fourth-order valence-corrected chi connectivity index (χ4v) is 4.88. The average Bonchev–Trinajstić information content (AvgIpc) is 3.56. The van der Waals surface area contributed by atoms with Crippen LogP contribution in [0.25, 0.3) is 22.7 Å². The van der Waals surface area contributed by atoms with Crippen LogP contribution in [0.3, 0.4) is 0 Å². The minimum Gasteiger partial charge on any atom is -0.310 e. The summed E-state index contributed by atoms with van der Waals surface area (Å²) in [5, 5.41) is 12.3. The summed E-state index contributed by atoms with van der Waals surface area (Å²) < 4.78 is 3.07. The van der Waals surface area contributed by atoms with Crippen LogP contribution in [0.1, 0.15) is 34.7 Å². The average molecular weight is 530 g/mol. The van der Waals surface area contributed by atoms with Gasteiger partial charge in [0.25, 0.3) is 5.56 Å². The van der Waals surface area contributed by atoms with Crippen LogP contribution in [0.15, 0.2) is 102 Å². The van der Waals surface area contributed by atoms with Crippen molar-refractivity contribution in [3.63, 3.8) is 0 Å². The molecule has 0 fully saturated rings. The number of H-pyrrole nitrogens is 1. The number of hydrogen-bond donors (Lipinski definition) is 2. The molecule has 9 heteroatoms. The van der Waals surface area contributed by atoms with E-state index in [1.165, 1.54) is 10.9 Å². The lowest BCUT2D eigenvalue weighted by Gasteiger charge is -2.18. The zero-order valence-electron chi connectivity index (χ0n) is 22.1. The molecule has 6 rings (SSSR count). The second kappa shape index (κ2) is 10.5. The van der Waals surface area contributed by atoms with E-state index >= 15 is 0 Å². The Morgan fingerprint density at radius 3 is 2.27 bits per heavy atom. The van der Waals surface area contributed by atoms with Crippen molar-refractivity contribution < 1.29 is 4.79 Å². The van der Waals surface area contributed by atoms with Gasteiger partial charge >= 0.3 is 0 Å². The van der Waals surface area contributed by atoms with E-state index in [0.29, 0.717) is 22.5 Å². The Kier molecular flexibility index (Phi) is 6.53. The fourth-order valence-electron chi connectivity index (χ4n) is 4.88. The summed E-state index contributed by atoms with van der Waals surface area (Å²) in [5.74, 6) is 0.273. The Morgan fingerprint density at radius 2 is 1.60 bits per heavy atom. The summed E-state index contributed by atoms with van der Waals surface area (Å²) >= 11 is 0. The molecule has 6 aromatic rings. The van der Waals surface area contributed by atoms with Gasteiger partial charge in [-0.3, -0.25) is 14.6 Å². The summed E-state index contributed by atoms with van der Waals surface area (Å²) in [6.45, 7) is 3.80. The third kappa shape index (κ3) is 4.92. The Morgan fingerprint density at radius 1 is 0.900 bits per heavy atom. The van der Waals surface area contributed by atoms with E-state index in [1.54, 1.807) is 10.7 Å². The molecule has 0 unspecified atom stereocenters. The number of aryl methyl sites for hydroxylation is 2. The maximum absolute atomic E-state index is 13.4. The Balaban J connectivity index is 1.34. The van der Waals surface area contributed by atoms with Gasteiger partial charge in [0.05, 0.1) is 17.6 Å². The Hall–Kier alpha value is -5.31. The van der Waals surface area contributed by atoms with Crippen molar-refractivity contribution in [2.45, 2.75) is 26.2 Å². The van der Waals surface area contributed by atoms with Crippen molar-refractivity contribution in [3.05, 3.63) is 130 Å².